The molecule has 0 N–H and O–H groups in total. The maximum atomic E-state index is 2.00. The molecule has 1 heteroatoms. The molecule has 3 rings (SSSR count). The molecule has 3 aliphatic rings. The van der Waals surface area contributed by atoms with Crippen LogP contribution in [-0.2, 0) is 0 Å². The van der Waals surface area contributed by atoms with Crippen molar-refractivity contribution in [2.45, 2.75) is 0 Å². The minimum absolute atomic E-state index is 0. The maximum absolute atomic E-state index is 2.00. The summed E-state index contributed by atoms with van der Waals surface area (Å²) in [4.78, 5) is 0. The van der Waals surface area contributed by atoms with Crippen LogP contribution in [0.4, 0.5) is 0 Å². The minimum atomic E-state index is 0. The van der Waals surface area contributed by atoms with Gasteiger partial charge in [0.1, 0.15) is 0 Å². The molecule has 0 atom stereocenters. The second-order valence-electron chi connectivity index (χ2n) is 2.89. The Hall–Kier alpha value is 1.32. The van der Waals surface area contributed by atoms with Gasteiger partial charge in [-0.15, -0.1) is 0 Å². The molecule has 3 aliphatic carbocycles. The molecule has 0 unspecified atom stereocenters. The van der Waals surface area contributed by atoms with Gasteiger partial charge in [-0.05, 0) is 96.3 Å². The van der Waals surface area contributed by atoms with Crippen molar-refractivity contribution in [1.82, 2.24) is 0 Å². The quantitative estimate of drug-likeness (QED) is 0.629. The van der Waals surface area contributed by atoms with Gasteiger partial charge in [-0.3, -0.25) is 0 Å². The first-order chi connectivity index (χ1) is 7.50. The van der Waals surface area contributed by atoms with Gasteiger partial charge < -0.3 is 0 Å². The monoisotopic (exact) mass is 353 g/mol. The summed E-state index contributed by atoms with van der Waals surface area (Å²) in [6.45, 7) is 0. The van der Waals surface area contributed by atoms with Crippen LogP contribution in [0.5, 0.6) is 0 Å². The topological polar surface area (TPSA) is 0 Å². The molecule has 15 radical (unpaired) electrons. The average molecular weight is 353 g/mol. The Bertz CT molecular complexity index is 64.0. The van der Waals surface area contributed by atoms with Gasteiger partial charge in [-0.2, -0.15) is 0 Å². The zero-order chi connectivity index (χ0) is 10.6. The fraction of sp³-hybridized carbons (Fsp3) is 0. The molecule has 0 amide bonds. The van der Waals surface area contributed by atoms with Gasteiger partial charge in [0.2, 0.25) is 0 Å². The summed E-state index contributed by atoms with van der Waals surface area (Å²) in [5.74, 6) is 0. The van der Waals surface area contributed by atoms with Crippen molar-refractivity contribution in [3.63, 3.8) is 0 Å². The van der Waals surface area contributed by atoms with E-state index in [9.17, 15) is 0 Å². The van der Waals surface area contributed by atoms with Crippen molar-refractivity contribution in [2.75, 3.05) is 0 Å². The van der Waals surface area contributed by atoms with Crippen molar-refractivity contribution in [2.24, 2.45) is 0 Å². The van der Waals surface area contributed by atoms with E-state index in [1.165, 1.54) is 0 Å². The summed E-state index contributed by atoms with van der Waals surface area (Å²) in [5, 5.41) is 0. The molecule has 0 aromatic rings. The summed E-state index contributed by atoms with van der Waals surface area (Å²) in [5.41, 5.74) is 0. The van der Waals surface area contributed by atoms with E-state index >= 15 is 0 Å². The largest absolute Gasteiger partial charge is 0.0312 e. The van der Waals surface area contributed by atoms with Crippen LogP contribution in [-0.4, -0.2) is 0 Å². The van der Waals surface area contributed by atoms with Gasteiger partial charge in [0, 0.05) is 39.9 Å². The summed E-state index contributed by atoms with van der Waals surface area (Å²) >= 11 is 0. The standard InChI is InChI=1S/3C5H5.Gd/c3*1-2-4-5-3-1;/h3*1-5H;. The van der Waals surface area contributed by atoms with E-state index < -0.39 is 0 Å². The first-order valence-corrected chi connectivity index (χ1v) is 5.00. The van der Waals surface area contributed by atoms with Crippen LogP contribution in [0.25, 0.3) is 0 Å². The molecule has 16 heavy (non-hydrogen) atoms. The van der Waals surface area contributed by atoms with E-state index in [4.69, 9.17) is 0 Å². The summed E-state index contributed by atoms with van der Waals surface area (Å²) < 4.78 is 0. The van der Waals surface area contributed by atoms with Crippen molar-refractivity contribution >= 4 is 0 Å². The molecular weight excluding hydrogens is 337 g/mol. The summed E-state index contributed by atoms with van der Waals surface area (Å²) in [7, 11) is 0. The molecular formula is C15H15Gd. The second kappa shape index (κ2) is 14.4. The fourth-order valence-electron chi connectivity index (χ4n) is 0.962. The zero-order valence-electron chi connectivity index (χ0n) is 9.01. The molecule has 0 aliphatic heterocycles. The first kappa shape index (κ1) is 17.3. The molecule has 0 aromatic carbocycles. The zero-order valence-corrected chi connectivity index (χ0v) is 11.3. The Morgan fingerprint density at radius 3 is 0.312 bits per heavy atom. The van der Waals surface area contributed by atoms with Crippen LogP contribution in [0.15, 0.2) is 0 Å². The van der Waals surface area contributed by atoms with Crippen molar-refractivity contribution in [3.8, 4) is 0 Å². The predicted octanol–water partition coefficient (Wildman–Crippen LogP) is 3.06. The summed E-state index contributed by atoms with van der Waals surface area (Å²) in [6, 6.07) is 0. The van der Waals surface area contributed by atoms with Crippen LogP contribution in [0, 0.1) is 136 Å². The molecule has 3 fully saturated rings. The molecule has 0 saturated heterocycles. The van der Waals surface area contributed by atoms with Gasteiger partial charge in [0.05, 0.1) is 0 Å². The van der Waals surface area contributed by atoms with Gasteiger partial charge in [-0.25, -0.2) is 0 Å². The van der Waals surface area contributed by atoms with Crippen LogP contribution < -0.4 is 0 Å². The molecule has 0 spiro atoms. The van der Waals surface area contributed by atoms with Crippen molar-refractivity contribution < 1.29 is 39.9 Å². The van der Waals surface area contributed by atoms with Gasteiger partial charge in [0.15, 0.2) is 0 Å². The van der Waals surface area contributed by atoms with Gasteiger partial charge >= 0.3 is 0 Å². The fourth-order valence-corrected chi connectivity index (χ4v) is 0.962. The second-order valence-corrected chi connectivity index (χ2v) is 2.89. The molecule has 0 aromatic heterocycles. The molecule has 0 heterocycles. The molecule has 0 nitrogen and oxygen atoms in total. The Morgan fingerprint density at radius 1 is 0.188 bits per heavy atom. The van der Waals surface area contributed by atoms with Gasteiger partial charge in [-0.1, -0.05) is 0 Å². The third kappa shape index (κ3) is 11.8. The van der Waals surface area contributed by atoms with Crippen LogP contribution in [0.2, 0.25) is 0 Å². The van der Waals surface area contributed by atoms with E-state index in [0.29, 0.717) is 0 Å². The number of hydrogen-bond acceptors (Lipinski definition) is 0. The van der Waals surface area contributed by atoms with E-state index in [1.54, 1.807) is 0 Å². The number of hydrogen-bond donors (Lipinski definition) is 0. The maximum Gasteiger partial charge on any atom is 0 e. The first-order valence-electron chi connectivity index (χ1n) is 5.00. The van der Waals surface area contributed by atoms with Crippen molar-refractivity contribution in [3.05, 3.63) is 96.3 Å². The van der Waals surface area contributed by atoms with Crippen LogP contribution in [0.3, 0.4) is 0 Å². The normalized spacial score (nSPS) is 22.5. The van der Waals surface area contributed by atoms with Crippen LogP contribution in [0.1, 0.15) is 0 Å². The predicted molar refractivity (Wildman–Crippen MR) is 64.5 cm³/mol. The van der Waals surface area contributed by atoms with E-state index in [0.717, 1.165) is 0 Å². The van der Waals surface area contributed by atoms with Crippen LogP contribution >= 0.6 is 0 Å². The van der Waals surface area contributed by atoms with Crippen molar-refractivity contribution in [1.29, 1.82) is 0 Å². The minimum Gasteiger partial charge on any atom is -0.0312 e. The van der Waals surface area contributed by atoms with Gasteiger partial charge in [0.25, 0.3) is 0 Å². The third-order valence-corrected chi connectivity index (χ3v) is 1.67. The Balaban J connectivity index is 0.000000205. The SMILES string of the molecule is [CH]1[CH][CH][CH][CH]1.[CH]1[CH][CH][CH][CH]1.[CH]1[CH][CH][CH][CH]1.[Gd]. The Kier molecular flexibility index (Phi) is 15.6. The molecule has 3 saturated carbocycles. The Morgan fingerprint density at radius 2 is 0.250 bits per heavy atom. The average Bonchev–Trinajstić information content (AvgIpc) is 3.09. The van der Waals surface area contributed by atoms with E-state index in [1.807, 2.05) is 96.3 Å². The van der Waals surface area contributed by atoms with E-state index in [2.05, 4.69) is 0 Å². The van der Waals surface area contributed by atoms with E-state index in [-0.39, 0.29) is 39.9 Å². The number of rotatable bonds is 0. The smallest absolute Gasteiger partial charge is 0 e. The third-order valence-electron chi connectivity index (χ3n) is 1.67. The summed E-state index contributed by atoms with van der Waals surface area (Å²) in [6.07, 6.45) is 30.0. The molecule has 83 valence electrons. The Labute approximate surface area is 135 Å². The molecule has 0 bridgehead atoms.